The van der Waals surface area contributed by atoms with Crippen LogP contribution in [0.3, 0.4) is 0 Å². The van der Waals surface area contributed by atoms with Gasteiger partial charge >= 0.3 is 0 Å². The van der Waals surface area contributed by atoms with E-state index in [0.717, 1.165) is 11.3 Å². The number of aryl methyl sites for hydroxylation is 1. The molecule has 1 unspecified atom stereocenters. The van der Waals surface area contributed by atoms with Gasteiger partial charge in [-0.05, 0) is 28.9 Å². The quantitative estimate of drug-likeness (QED) is 0.662. The maximum absolute atomic E-state index is 13.7. The summed E-state index contributed by atoms with van der Waals surface area (Å²) in [6.45, 7) is 2.30. The van der Waals surface area contributed by atoms with E-state index in [-0.39, 0.29) is 11.2 Å². The molecule has 0 aliphatic rings. The zero-order chi connectivity index (χ0) is 15.1. The summed E-state index contributed by atoms with van der Waals surface area (Å²) in [4.78, 5) is 4.44. The molecule has 0 saturated heterocycles. The molecule has 0 N–H and O–H groups in total. The number of hydrogen-bond acceptors (Lipinski definition) is 3. The minimum Gasteiger partial charge on any atom is -0.319 e. The van der Waals surface area contributed by atoms with Crippen LogP contribution < -0.4 is 0 Å². The number of halogens is 3. The van der Waals surface area contributed by atoms with E-state index in [0.29, 0.717) is 22.4 Å². The standard InChI is InChI=1S/C13H12BrClFN5/c1-7(15)13-18-10-4-9(16)8(14)3-11(10)21(13)5-12-19-17-6-20(12)2/h3-4,6-7H,5H2,1-2H3. The lowest BCUT2D eigenvalue weighted by molar-refractivity contribution is 0.622. The Labute approximate surface area is 133 Å². The highest BCUT2D eigenvalue weighted by Gasteiger charge is 2.18. The summed E-state index contributed by atoms with van der Waals surface area (Å²) in [5, 5.41) is 7.64. The summed E-state index contributed by atoms with van der Waals surface area (Å²) < 4.78 is 17.8. The van der Waals surface area contributed by atoms with Crippen LogP contribution in [0.15, 0.2) is 22.9 Å². The molecule has 2 heterocycles. The van der Waals surface area contributed by atoms with Crippen molar-refractivity contribution in [2.24, 2.45) is 7.05 Å². The Balaban J connectivity index is 2.20. The molecular formula is C13H12BrClFN5. The molecule has 110 valence electrons. The number of benzene rings is 1. The van der Waals surface area contributed by atoms with Gasteiger partial charge in [0, 0.05) is 13.1 Å². The Hall–Kier alpha value is -1.47. The molecule has 5 nitrogen and oxygen atoms in total. The summed E-state index contributed by atoms with van der Waals surface area (Å²) in [6.07, 6.45) is 1.63. The maximum atomic E-state index is 13.7. The Morgan fingerprint density at radius 3 is 2.81 bits per heavy atom. The summed E-state index contributed by atoms with van der Waals surface area (Å²) in [7, 11) is 1.87. The number of hydrogen-bond donors (Lipinski definition) is 0. The van der Waals surface area contributed by atoms with Crippen molar-refractivity contribution in [3.05, 3.63) is 40.4 Å². The van der Waals surface area contributed by atoms with Crippen LogP contribution in [0.1, 0.15) is 23.9 Å². The molecule has 0 saturated carbocycles. The van der Waals surface area contributed by atoms with E-state index in [1.54, 1.807) is 12.4 Å². The Morgan fingerprint density at radius 1 is 1.43 bits per heavy atom. The lowest BCUT2D eigenvalue weighted by Gasteiger charge is -2.10. The maximum Gasteiger partial charge on any atom is 0.152 e. The minimum atomic E-state index is -0.348. The lowest BCUT2D eigenvalue weighted by Crippen LogP contribution is -2.09. The van der Waals surface area contributed by atoms with Crippen LogP contribution >= 0.6 is 27.5 Å². The second-order valence-electron chi connectivity index (χ2n) is 4.79. The molecule has 0 spiro atoms. The Morgan fingerprint density at radius 2 is 2.19 bits per heavy atom. The summed E-state index contributed by atoms with van der Waals surface area (Å²) >= 11 is 9.41. The average Bonchev–Trinajstić information content (AvgIpc) is 2.97. The van der Waals surface area contributed by atoms with Gasteiger partial charge in [0.1, 0.15) is 18.0 Å². The SMILES string of the molecule is CC(Cl)c1nc2cc(F)c(Br)cc2n1Cc1nncn1C. The Kier molecular flexibility index (Phi) is 3.71. The lowest BCUT2D eigenvalue weighted by atomic mass is 10.3. The predicted molar refractivity (Wildman–Crippen MR) is 81.8 cm³/mol. The van der Waals surface area contributed by atoms with Gasteiger partial charge in [-0.15, -0.1) is 21.8 Å². The van der Waals surface area contributed by atoms with Gasteiger partial charge in [0.25, 0.3) is 0 Å². The molecule has 3 rings (SSSR count). The van der Waals surface area contributed by atoms with Crippen LogP contribution in [0, 0.1) is 5.82 Å². The second-order valence-corrected chi connectivity index (χ2v) is 6.29. The summed E-state index contributed by atoms with van der Waals surface area (Å²) in [5.41, 5.74) is 1.37. The molecule has 1 atom stereocenters. The number of imidazole rings is 1. The highest BCUT2D eigenvalue weighted by Crippen LogP contribution is 2.28. The van der Waals surface area contributed by atoms with Gasteiger partial charge in [-0.3, -0.25) is 0 Å². The van der Waals surface area contributed by atoms with Crippen LogP contribution in [0.2, 0.25) is 0 Å². The fourth-order valence-corrected chi connectivity index (χ4v) is 2.70. The van der Waals surface area contributed by atoms with E-state index in [1.165, 1.54) is 6.07 Å². The van der Waals surface area contributed by atoms with Crippen molar-refractivity contribution in [2.45, 2.75) is 18.8 Å². The molecular weight excluding hydrogens is 361 g/mol. The van der Waals surface area contributed by atoms with Crippen LogP contribution in [0.5, 0.6) is 0 Å². The zero-order valence-electron chi connectivity index (χ0n) is 11.4. The first-order chi connectivity index (χ1) is 9.97. The van der Waals surface area contributed by atoms with E-state index in [2.05, 4.69) is 31.1 Å². The molecule has 0 fully saturated rings. The highest BCUT2D eigenvalue weighted by atomic mass is 79.9. The summed E-state index contributed by atoms with van der Waals surface area (Å²) in [6, 6.07) is 3.10. The van der Waals surface area contributed by atoms with Crippen LogP contribution in [-0.4, -0.2) is 24.3 Å². The largest absolute Gasteiger partial charge is 0.319 e. The van der Waals surface area contributed by atoms with Crippen molar-refractivity contribution in [2.75, 3.05) is 0 Å². The third-order valence-corrected chi connectivity index (χ3v) is 4.08. The first-order valence-electron chi connectivity index (χ1n) is 6.29. The third-order valence-electron chi connectivity index (χ3n) is 3.28. The van der Waals surface area contributed by atoms with Crippen LogP contribution in [0.25, 0.3) is 11.0 Å². The molecule has 8 heteroatoms. The van der Waals surface area contributed by atoms with Crippen LogP contribution in [-0.2, 0) is 13.6 Å². The van der Waals surface area contributed by atoms with E-state index in [1.807, 2.05) is 23.1 Å². The van der Waals surface area contributed by atoms with Gasteiger partial charge in [0.15, 0.2) is 5.82 Å². The van der Waals surface area contributed by atoms with Crippen molar-refractivity contribution in [1.82, 2.24) is 24.3 Å². The van der Waals surface area contributed by atoms with Crippen molar-refractivity contribution in [3.63, 3.8) is 0 Å². The average molecular weight is 373 g/mol. The molecule has 3 aromatic rings. The van der Waals surface area contributed by atoms with Gasteiger partial charge in [0.2, 0.25) is 0 Å². The number of fused-ring (bicyclic) bond motifs is 1. The predicted octanol–water partition coefficient (Wildman–Crippen LogP) is 3.41. The van der Waals surface area contributed by atoms with Gasteiger partial charge < -0.3 is 9.13 Å². The van der Waals surface area contributed by atoms with Gasteiger partial charge in [0.05, 0.1) is 27.4 Å². The van der Waals surface area contributed by atoms with Gasteiger partial charge in [-0.25, -0.2) is 9.37 Å². The van der Waals surface area contributed by atoms with E-state index in [9.17, 15) is 4.39 Å². The molecule has 0 bridgehead atoms. The molecule has 1 aromatic carbocycles. The number of rotatable bonds is 3. The minimum absolute atomic E-state index is 0.299. The third kappa shape index (κ3) is 2.55. The highest BCUT2D eigenvalue weighted by molar-refractivity contribution is 9.10. The topological polar surface area (TPSA) is 48.5 Å². The van der Waals surface area contributed by atoms with E-state index in [4.69, 9.17) is 11.6 Å². The normalized spacial score (nSPS) is 13.0. The summed E-state index contributed by atoms with van der Waals surface area (Å²) in [5.74, 6) is 1.10. The molecule has 2 aromatic heterocycles. The molecule has 0 radical (unpaired) electrons. The fraction of sp³-hybridized carbons (Fsp3) is 0.308. The van der Waals surface area contributed by atoms with E-state index >= 15 is 0 Å². The second kappa shape index (κ2) is 5.38. The van der Waals surface area contributed by atoms with Crippen LogP contribution in [0.4, 0.5) is 4.39 Å². The van der Waals surface area contributed by atoms with E-state index < -0.39 is 0 Å². The van der Waals surface area contributed by atoms with Gasteiger partial charge in [-0.1, -0.05) is 0 Å². The fourth-order valence-electron chi connectivity index (χ4n) is 2.20. The first-order valence-corrected chi connectivity index (χ1v) is 7.52. The molecule has 0 amide bonds. The molecule has 21 heavy (non-hydrogen) atoms. The Bertz CT molecular complexity index is 810. The molecule has 0 aliphatic carbocycles. The van der Waals surface area contributed by atoms with Crippen molar-refractivity contribution < 1.29 is 4.39 Å². The van der Waals surface area contributed by atoms with Gasteiger partial charge in [-0.2, -0.15) is 0 Å². The number of alkyl halides is 1. The monoisotopic (exact) mass is 371 g/mol. The zero-order valence-corrected chi connectivity index (χ0v) is 13.7. The molecule has 0 aliphatic heterocycles. The number of aromatic nitrogens is 5. The first kappa shape index (κ1) is 14.5. The van der Waals surface area contributed by atoms with Crippen molar-refractivity contribution >= 4 is 38.6 Å². The van der Waals surface area contributed by atoms with Crippen molar-refractivity contribution in [1.29, 1.82) is 0 Å². The smallest absolute Gasteiger partial charge is 0.152 e. The number of nitrogens with zero attached hydrogens (tertiary/aromatic N) is 5. The van der Waals surface area contributed by atoms with Crippen molar-refractivity contribution in [3.8, 4) is 0 Å².